The number of Topliss-reactive ketones (excluding diaryl/α,β-unsaturated/α-hetero) is 1. The van der Waals surface area contributed by atoms with Crippen LogP contribution in [0.1, 0.15) is 33.6 Å². The number of ketones is 1. The third-order valence-electron chi connectivity index (χ3n) is 3.99. The average molecular weight is 258 g/mol. The van der Waals surface area contributed by atoms with Gasteiger partial charge in [0.1, 0.15) is 5.78 Å². The fourth-order valence-corrected chi connectivity index (χ4v) is 6.36. The van der Waals surface area contributed by atoms with Gasteiger partial charge < -0.3 is 0 Å². The second kappa shape index (κ2) is 5.34. The average Bonchev–Trinajstić information content (AvgIpc) is 2.70. The molecular formula is C13H22OS2. The second-order valence-corrected chi connectivity index (χ2v) is 8.24. The van der Waals surface area contributed by atoms with Crippen LogP contribution in [-0.2, 0) is 4.79 Å². The van der Waals surface area contributed by atoms with Crippen molar-refractivity contribution in [1.82, 2.24) is 0 Å². The fraction of sp³-hybridized carbons (Fsp3) is 0.923. The molecule has 1 aliphatic heterocycles. The summed E-state index contributed by atoms with van der Waals surface area (Å²) in [7, 11) is 0. The van der Waals surface area contributed by atoms with Gasteiger partial charge in [0.2, 0.25) is 0 Å². The number of thioether (sulfide) groups is 2. The maximum atomic E-state index is 12.5. The van der Waals surface area contributed by atoms with Gasteiger partial charge in [0.15, 0.2) is 0 Å². The highest BCUT2D eigenvalue weighted by Gasteiger charge is 2.42. The lowest BCUT2D eigenvalue weighted by molar-refractivity contribution is -0.132. The number of hydrogen-bond donors (Lipinski definition) is 0. The van der Waals surface area contributed by atoms with Crippen molar-refractivity contribution in [3.63, 3.8) is 0 Å². The minimum Gasteiger partial charge on any atom is -0.299 e. The standard InChI is InChI=1S/C13H22OS2/c1-8(2)10-5-4-9(3)11(12(10)14)13-15-6-7-16-13/h8-11,13H,4-7H2,1-3H3. The molecule has 92 valence electrons. The van der Waals surface area contributed by atoms with E-state index in [0.29, 0.717) is 34.0 Å². The maximum absolute atomic E-state index is 12.5. The zero-order valence-corrected chi connectivity index (χ0v) is 12.1. The molecule has 0 aromatic carbocycles. The van der Waals surface area contributed by atoms with Gasteiger partial charge in [0.25, 0.3) is 0 Å². The molecule has 0 aromatic heterocycles. The largest absolute Gasteiger partial charge is 0.299 e. The van der Waals surface area contributed by atoms with Gasteiger partial charge in [0.05, 0.1) is 4.58 Å². The van der Waals surface area contributed by atoms with Crippen LogP contribution < -0.4 is 0 Å². The van der Waals surface area contributed by atoms with E-state index in [9.17, 15) is 4.79 Å². The quantitative estimate of drug-likeness (QED) is 0.752. The Hall–Kier alpha value is 0.370. The van der Waals surface area contributed by atoms with Gasteiger partial charge in [-0.2, -0.15) is 0 Å². The Kier molecular flexibility index (Phi) is 4.28. The second-order valence-electron chi connectivity index (χ2n) is 5.44. The predicted octanol–water partition coefficient (Wildman–Crippen LogP) is 3.68. The van der Waals surface area contributed by atoms with Gasteiger partial charge in [-0.05, 0) is 24.7 Å². The molecule has 1 saturated carbocycles. The van der Waals surface area contributed by atoms with Crippen molar-refractivity contribution < 1.29 is 4.79 Å². The normalized spacial score (nSPS) is 37.2. The Morgan fingerprint density at radius 3 is 2.38 bits per heavy atom. The van der Waals surface area contributed by atoms with E-state index in [1.54, 1.807) is 0 Å². The molecule has 16 heavy (non-hydrogen) atoms. The van der Waals surface area contributed by atoms with Crippen LogP contribution in [0.15, 0.2) is 0 Å². The summed E-state index contributed by atoms with van der Waals surface area (Å²) in [6, 6.07) is 0. The molecule has 0 aromatic rings. The van der Waals surface area contributed by atoms with Crippen molar-refractivity contribution >= 4 is 29.3 Å². The maximum Gasteiger partial charge on any atom is 0.141 e. The molecule has 2 fully saturated rings. The highest BCUT2D eigenvalue weighted by Crippen LogP contribution is 2.46. The number of rotatable bonds is 2. The summed E-state index contributed by atoms with van der Waals surface area (Å²) in [5.41, 5.74) is 0. The molecule has 2 aliphatic rings. The van der Waals surface area contributed by atoms with E-state index in [1.165, 1.54) is 17.9 Å². The van der Waals surface area contributed by atoms with Crippen LogP contribution in [0.3, 0.4) is 0 Å². The lowest BCUT2D eigenvalue weighted by atomic mass is 9.71. The molecule has 3 heteroatoms. The monoisotopic (exact) mass is 258 g/mol. The number of carbonyl (C=O) groups is 1. The summed E-state index contributed by atoms with van der Waals surface area (Å²) in [6.07, 6.45) is 2.37. The minimum atomic E-state index is 0.332. The van der Waals surface area contributed by atoms with Gasteiger partial charge in [-0.1, -0.05) is 20.8 Å². The van der Waals surface area contributed by atoms with E-state index < -0.39 is 0 Å². The molecule has 0 bridgehead atoms. The van der Waals surface area contributed by atoms with Gasteiger partial charge in [-0.3, -0.25) is 4.79 Å². The number of hydrogen-bond acceptors (Lipinski definition) is 3. The van der Waals surface area contributed by atoms with Crippen molar-refractivity contribution in [3.05, 3.63) is 0 Å². The first-order valence-corrected chi connectivity index (χ1v) is 8.48. The topological polar surface area (TPSA) is 17.1 Å². The molecule has 3 atom stereocenters. The highest BCUT2D eigenvalue weighted by molar-refractivity contribution is 8.20. The lowest BCUT2D eigenvalue weighted by Crippen LogP contribution is -2.40. The van der Waals surface area contributed by atoms with Crippen LogP contribution >= 0.6 is 23.5 Å². The molecule has 0 N–H and O–H groups in total. The van der Waals surface area contributed by atoms with Crippen molar-refractivity contribution in [2.75, 3.05) is 11.5 Å². The molecule has 0 amide bonds. The van der Waals surface area contributed by atoms with Crippen LogP contribution in [0.5, 0.6) is 0 Å². The molecule has 1 nitrogen and oxygen atoms in total. The molecule has 1 heterocycles. The molecule has 3 unspecified atom stereocenters. The van der Waals surface area contributed by atoms with E-state index in [0.717, 1.165) is 6.42 Å². The van der Waals surface area contributed by atoms with Crippen LogP contribution in [0.4, 0.5) is 0 Å². The third kappa shape index (κ3) is 2.45. The van der Waals surface area contributed by atoms with E-state index in [2.05, 4.69) is 20.8 Å². The van der Waals surface area contributed by atoms with E-state index in [1.807, 2.05) is 23.5 Å². The molecule has 1 aliphatic carbocycles. The summed E-state index contributed by atoms with van der Waals surface area (Å²) >= 11 is 4.02. The van der Waals surface area contributed by atoms with Gasteiger partial charge >= 0.3 is 0 Å². The van der Waals surface area contributed by atoms with Crippen LogP contribution in [-0.4, -0.2) is 21.9 Å². The Labute approximate surface area is 108 Å². The van der Waals surface area contributed by atoms with E-state index in [-0.39, 0.29) is 0 Å². The third-order valence-corrected chi connectivity index (χ3v) is 7.18. The van der Waals surface area contributed by atoms with E-state index in [4.69, 9.17) is 0 Å². The lowest BCUT2D eigenvalue weighted by Gasteiger charge is -2.37. The summed E-state index contributed by atoms with van der Waals surface area (Å²) in [5.74, 6) is 4.84. The summed E-state index contributed by atoms with van der Waals surface area (Å²) in [5, 5.41) is 0. The zero-order chi connectivity index (χ0) is 11.7. The van der Waals surface area contributed by atoms with Crippen LogP contribution in [0.25, 0.3) is 0 Å². The Morgan fingerprint density at radius 2 is 1.81 bits per heavy atom. The van der Waals surface area contributed by atoms with Gasteiger partial charge in [-0.15, -0.1) is 23.5 Å². The summed E-state index contributed by atoms with van der Waals surface area (Å²) in [4.78, 5) is 12.5. The van der Waals surface area contributed by atoms with Crippen molar-refractivity contribution in [1.29, 1.82) is 0 Å². The van der Waals surface area contributed by atoms with Crippen molar-refractivity contribution in [2.24, 2.45) is 23.7 Å². The Bertz CT molecular complexity index is 259. The number of carbonyl (C=O) groups excluding carboxylic acids is 1. The smallest absolute Gasteiger partial charge is 0.141 e. The van der Waals surface area contributed by atoms with Gasteiger partial charge in [0, 0.05) is 23.3 Å². The minimum absolute atomic E-state index is 0.332. The first-order valence-electron chi connectivity index (χ1n) is 6.38. The molecule has 0 spiro atoms. The molecular weight excluding hydrogens is 236 g/mol. The zero-order valence-electron chi connectivity index (χ0n) is 10.4. The van der Waals surface area contributed by atoms with Crippen molar-refractivity contribution in [3.8, 4) is 0 Å². The summed E-state index contributed by atoms with van der Waals surface area (Å²) < 4.78 is 0.559. The molecule has 0 radical (unpaired) electrons. The van der Waals surface area contributed by atoms with Crippen LogP contribution in [0.2, 0.25) is 0 Å². The fourth-order valence-electron chi connectivity index (χ4n) is 2.94. The highest BCUT2D eigenvalue weighted by atomic mass is 32.2. The van der Waals surface area contributed by atoms with Crippen LogP contribution in [0, 0.1) is 23.7 Å². The Morgan fingerprint density at radius 1 is 1.19 bits per heavy atom. The van der Waals surface area contributed by atoms with Gasteiger partial charge in [-0.25, -0.2) is 0 Å². The SMILES string of the molecule is CC(C)C1CCC(C)C(C2SCCS2)C1=O. The molecule has 2 rings (SSSR count). The first kappa shape index (κ1) is 12.8. The van der Waals surface area contributed by atoms with E-state index >= 15 is 0 Å². The summed E-state index contributed by atoms with van der Waals surface area (Å²) in [6.45, 7) is 6.67. The first-order chi connectivity index (χ1) is 7.61. The predicted molar refractivity (Wildman–Crippen MR) is 73.9 cm³/mol. The Balaban J connectivity index is 2.10. The molecule has 1 saturated heterocycles. The van der Waals surface area contributed by atoms with Crippen molar-refractivity contribution in [2.45, 2.75) is 38.2 Å².